The summed E-state index contributed by atoms with van der Waals surface area (Å²) in [6, 6.07) is 4.92. The molecule has 0 aliphatic heterocycles. The van der Waals surface area contributed by atoms with E-state index >= 15 is 0 Å². The fourth-order valence-electron chi connectivity index (χ4n) is 1.89. The summed E-state index contributed by atoms with van der Waals surface area (Å²) in [7, 11) is -3.63. The predicted molar refractivity (Wildman–Crippen MR) is 82.0 cm³/mol. The van der Waals surface area contributed by atoms with Crippen LogP contribution in [-0.4, -0.2) is 13.6 Å². The number of hydrogen-bond donors (Lipinski definition) is 2. The summed E-state index contributed by atoms with van der Waals surface area (Å²) in [6.45, 7) is 4.00. The van der Waals surface area contributed by atoms with Crippen molar-refractivity contribution in [2.24, 2.45) is 5.73 Å². The average molecular weight is 374 g/mol. The number of hydrogen-bond acceptors (Lipinski definition) is 5. The molecule has 0 fully saturated rings. The first-order valence-corrected chi connectivity index (χ1v) is 8.52. The third-order valence-electron chi connectivity index (χ3n) is 3.14. The van der Waals surface area contributed by atoms with Crippen molar-refractivity contribution in [1.82, 2.24) is 9.88 Å². The van der Waals surface area contributed by atoms with Gasteiger partial charge in [0.15, 0.2) is 0 Å². The molecule has 3 N–H and O–H groups in total. The summed E-state index contributed by atoms with van der Waals surface area (Å²) < 4.78 is 32.7. The average Bonchev–Trinajstić information content (AvgIpc) is 2.75. The molecule has 0 saturated heterocycles. The van der Waals surface area contributed by atoms with Gasteiger partial charge in [0.25, 0.3) is 0 Å². The minimum absolute atomic E-state index is 0.134. The van der Waals surface area contributed by atoms with E-state index in [1.807, 2.05) is 0 Å². The van der Waals surface area contributed by atoms with Gasteiger partial charge in [-0.15, -0.1) is 0 Å². The summed E-state index contributed by atoms with van der Waals surface area (Å²) in [5.41, 5.74) is 7.80. The number of benzene rings is 1. The van der Waals surface area contributed by atoms with Crippen LogP contribution in [0, 0.1) is 13.8 Å². The first-order chi connectivity index (χ1) is 9.85. The van der Waals surface area contributed by atoms with Crippen molar-refractivity contribution in [3.63, 3.8) is 0 Å². The highest BCUT2D eigenvalue weighted by atomic mass is 79.9. The van der Waals surface area contributed by atoms with Crippen molar-refractivity contribution in [3.05, 3.63) is 45.3 Å². The van der Waals surface area contributed by atoms with Gasteiger partial charge in [0.05, 0.1) is 10.6 Å². The Labute approximate surface area is 131 Å². The number of halogens is 1. The summed E-state index contributed by atoms with van der Waals surface area (Å²) in [5.74, 6) is 0.604. The maximum Gasteiger partial charge on any atom is 0.241 e. The topological polar surface area (TPSA) is 98.2 Å². The van der Waals surface area contributed by atoms with Gasteiger partial charge in [-0.25, -0.2) is 13.1 Å². The van der Waals surface area contributed by atoms with Gasteiger partial charge in [0.1, 0.15) is 5.76 Å². The van der Waals surface area contributed by atoms with E-state index < -0.39 is 10.0 Å². The van der Waals surface area contributed by atoms with E-state index in [4.69, 9.17) is 10.3 Å². The molecule has 6 nitrogen and oxygen atoms in total. The summed E-state index contributed by atoms with van der Waals surface area (Å²) in [4.78, 5) is 0.173. The number of nitrogens with one attached hydrogen (secondary N) is 1. The number of nitrogens with two attached hydrogens (primary N) is 1. The molecule has 0 saturated carbocycles. The van der Waals surface area contributed by atoms with Gasteiger partial charge in [0, 0.05) is 23.1 Å². The number of nitrogens with zero attached hydrogens (tertiary/aromatic N) is 1. The Morgan fingerprint density at radius 3 is 2.62 bits per heavy atom. The summed E-state index contributed by atoms with van der Waals surface area (Å²) >= 11 is 3.27. The molecule has 2 rings (SSSR count). The molecule has 0 bridgehead atoms. The first-order valence-electron chi connectivity index (χ1n) is 6.25. The Bertz CT molecular complexity index is 737. The Morgan fingerprint density at radius 2 is 2.10 bits per heavy atom. The van der Waals surface area contributed by atoms with Crippen LogP contribution in [0.25, 0.3) is 0 Å². The zero-order valence-corrected chi connectivity index (χ0v) is 14.1. The highest BCUT2D eigenvalue weighted by Crippen LogP contribution is 2.23. The van der Waals surface area contributed by atoms with E-state index in [2.05, 4.69) is 25.8 Å². The molecule has 1 aromatic carbocycles. The molecular weight excluding hydrogens is 358 g/mol. The fourth-order valence-corrected chi connectivity index (χ4v) is 4.01. The van der Waals surface area contributed by atoms with Crippen LogP contribution in [0.3, 0.4) is 0 Å². The molecule has 0 spiro atoms. The van der Waals surface area contributed by atoms with E-state index in [-0.39, 0.29) is 11.4 Å². The van der Waals surface area contributed by atoms with Crippen LogP contribution in [0.5, 0.6) is 0 Å². The zero-order valence-electron chi connectivity index (χ0n) is 11.7. The summed E-state index contributed by atoms with van der Waals surface area (Å²) in [6.07, 6.45) is 0. The molecule has 2 aromatic rings. The predicted octanol–water partition coefficient (Wildman–Crippen LogP) is 1.99. The van der Waals surface area contributed by atoms with Crippen LogP contribution in [0.15, 0.2) is 32.1 Å². The van der Waals surface area contributed by atoms with Gasteiger partial charge in [-0.1, -0.05) is 11.2 Å². The van der Waals surface area contributed by atoms with E-state index in [0.29, 0.717) is 22.5 Å². The molecule has 0 unspecified atom stereocenters. The molecule has 0 radical (unpaired) electrons. The highest BCUT2D eigenvalue weighted by molar-refractivity contribution is 9.10. The minimum Gasteiger partial charge on any atom is -0.361 e. The fraction of sp³-hybridized carbons (Fsp3) is 0.308. The largest absolute Gasteiger partial charge is 0.361 e. The second-order valence-electron chi connectivity index (χ2n) is 4.60. The lowest BCUT2D eigenvalue weighted by Crippen LogP contribution is -2.24. The van der Waals surface area contributed by atoms with Crippen molar-refractivity contribution in [3.8, 4) is 0 Å². The summed E-state index contributed by atoms with van der Waals surface area (Å²) in [5, 5.41) is 3.80. The van der Waals surface area contributed by atoms with E-state index in [9.17, 15) is 8.42 Å². The second kappa shape index (κ2) is 6.27. The van der Waals surface area contributed by atoms with Gasteiger partial charge in [-0.3, -0.25) is 0 Å². The van der Waals surface area contributed by atoms with E-state index in [0.717, 1.165) is 11.1 Å². The van der Waals surface area contributed by atoms with Gasteiger partial charge in [-0.2, -0.15) is 0 Å². The highest BCUT2D eigenvalue weighted by Gasteiger charge is 2.19. The molecule has 1 heterocycles. The van der Waals surface area contributed by atoms with E-state index in [1.165, 1.54) is 6.07 Å². The third-order valence-corrected chi connectivity index (χ3v) is 5.52. The third kappa shape index (κ3) is 3.52. The van der Waals surface area contributed by atoms with E-state index in [1.54, 1.807) is 26.0 Å². The van der Waals surface area contributed by atoms with Gasteiger partial charge in [0.2, 0.25) is 10.0 Å². The minimum atomic E-state index is -3.63. The van der Waals surface area contributed by atoms with Crippen LogP contribution in [-0.2, 0) is 23.1 Å². The van der Waals surface area contributed by atoms with Crippen molar-refractivity contribution in [2.45, 2.75) is 31.8 Å². The zero-order chi connectivity index (χ0) is 15.6. The Hall–Kier alpha value is -1.22. The molecule has 8 heteroatoms. The Balaban J connectivity index is 2.23. The van der Waals surface area contributed by atoms with Gasteiger partial charge >= 0.3 is 0 Å². The van der Waals surface area contributed by atoms with Crippen molar-refractivity contribution >= 4 is 26.0 Å². The van der Waals surface area contributed by atoms with Gasteiger partial charge < -0.3 is 10.3 Å². The molecule has 0 atom stereocenters. The van der Waals surface area contributed by atoms with Crippen molar-refractivity contribution in [2.75, 3.05) is 0 Å². The van der Waals surface area contributed by atoms with Crippen LogP contribution in [0.2, 0.25) is 0 Å². The lowest BCUT2D eigenvalue weighted by atomic mass is 10.2. The lowest BCUT2D eigenvalue weighted by Gasteiger charge is -2.09. The molecule has 1 aromatic heterocycles. The number of aryl methyl sites for hydroxylation is 2. The quantitative estimate of drug-likeness (QED) is 0.834. The Kier molecular flexibility index (Phi) is 4.82. The SMILES string of the molecule is Cc1noc(C)c1CNS(=O)(=O)c1ccc(CN)cc1Br. The Morgan fingerprint density at radius 1 is 1.38 bits per heavy atom. The number of rotatable bonds is 5. The van der Waals surface area contributed by atoms with Crippen LogP contribution < -0.4 is 10.5 Å². The molecule has 0 amide bonds. The second-order valence-corrected chi connectivity index (χ2v) is 7.19. The monoisotopic (exact) mass is 373 g/mol. The normalized spacial score (nSPS) is 11.8. The van der Waals surface area contributed by atoms with Crippen LogP contribution >= 0.6 is 15.9 Å². The van der Waals surface area contributed by atoms with Crippen molar-refractivity contribution in [1.29, 1.82) is 0 Å². The van der Waals surface area contributed by atoms with Crippen molar-refractivity contribution < 1.29 is 12.9 Å². The van der Waals surface area contributed by atoms with Crippen LogP contribution in [0.4, 0.5) is 0 Å². The number of sulfonamides is 1. The number of aromatic nitrogens is 1. The maximum absolute atomic E-state index is 12.3. The standard InChI is InChI=1S/C13H16BrN3O3S/c1-8-11(9(2)20-17-8)7-16-21(18,19)13-4-3-10(6-15)5-12(13)14/h3-5,16H,6-7,15H2,1-2H3. The molecule has 0 aliphatic rings. The van der Waals surface area contributed by atoms with Crippen LogP contribution in [0.1, 0.15) is 22.6 Å². The molecule has 114 valence electrons. The molecular formula is C13H16BrN3O3S. The molecule has 0 aliphatic carbocycles. The first kappa shape index (κ1) is 16.2. The maximum atomic E-state index is 12.3. The molecule has 21 heavy (non-hydrogen) atoms. The van der Waals surface area contributed by atoms with Gasteiger partial charge in [-0.05, 0) is 47.5 Å². The lowest BCUT2D eigenvalue weighted by molar-refractivity contribution is 0.392. The smallest absolute Gasteiger partial charge is 0.241 e.